The summed E-state index contributed by atoms with van der Waals surface area (Å²) in [5, 5.41) is 12.7. The fourth-order valence-corrected chi connectivity index (χ4v) is 3.44. The van der Waals surface area contributed by atoms with Gasteiger partial charge < -0.3 is 14.8 Å². The van der Waals surface area contributed by atoms with Crippen molar-refractivity contribution < 1.29 is 14.3 Å². The monoisotopic (exact) mass is 416 g/mol. The van der Waals surface area contributed by atoms with E-state index in [1.54, 1.807) is 24.3 Å². The van der Waals surface area contributed by atoms with Crippen LogP contribution in [-0.2, 0) is 11.2 Å². The van der Waals surface area contributed by atoms with Crippen LogP contribution < -0.4 is 14.8 Å². The highest BCUT2D eigenvalue weighted by Gasteiger charge is 2.22. The first-order valence-electron chi connectivity index (χ1n) is 8.76. The van der Waals surface area contributed by atoms with Crippen LogP contribution in [0.3, 0.4) is 0 Å². The number of anilines is 1. The number of para-hydroxylation sites is 1. The van der Waals surface area contributed by atoms with Crippen molar-refractivity contribution in [2.45, 2.75) is 26.4 Å². The highest BCUT2D eigenvalue weighted by Crippen LogP contribution is 2.36. The van der Waals surface area contributed by atoms with Gasteiger partial charge in [-0.05, 0) is 44.2 Å². The number of hydrogen-bond acceptors (Lipinski definition) is 4. The molecule has 0 saturated carbocycles. The Morgan fingerprint density at radius 3 is 2.75 bits per heavy atom. The van der Waals surface area contributed by atoms with E-state index in [-0.39, 0.29) is 27.4 Å². The second kappa shape index (κ2) is 8.55. The summed E-state index contributed by atoms with van der Waals surface area (Å²) in [6, 6.07) is 10.5. The average Bonchev–Trinajstić information content (AvgIpc) is 3.01. The molecule has 28 heavy (non-hydrogen) atoms. The Morgan fingerprint density at radius 1 is 1.39 bits per heavy atom. The van der Waals surface area contributed by atoms with Crippen molar-refractivity contribution in [1.29, 1.82) is 5.26 Å². The van der Waals surface area contributed by atoms with E-state index in [4.69, 9.17) is 32.7 Å². The smallest absolute Gasteiger partial charge is 0.266 e. The van der Waals surface area contributed by atoms with Crippen molar-refractivity contribution in [3.05, 3.63) is 57.1 Å². The number of fused-ring (bicyclic) bond motifs is 1. The topological polar surface area (TPSA) is 71.3 Å². The fourth-order valence-electron chi connectivity index (χ4n) is 2.95. The quantitative estimate of drug-likeness (QED) is 0.532. The Labute approximate surface area is 173 Å². The summed E-state index contributed by atoms with van der Waals surface area (Å²) in [7, 11) is 0. The zero-order valence-electron chi connectivity index (χ0n) is 15.4. The molecule has 3 rings (SSSR count). The number of amides is 1. The summed E-state index contributed by atoms with van der Waals surface area (Å²) < 4.78 is 11.5. The van der Waals surface area contributed by atoms with Crippen molar-refractivity contribution >= 4 is 40.9 Å². The fraction of sp³-hybridized carbons (Fsp3) is 0.238. The SMILES string of the molecule is CCOc1cc2c(cc1/C=C(\C#N)C(=O)Nc1c(Cl)cccc1Cl)OC(C)C2. The van der Waals surface area contributed by atoms with Gasteiger partial charge >= 0.3 is 0 Å². The third-order valence-corrected chi connectivity index (χ3v) is 4.82. The molecule has 1 atom stereocenters. The minimum atomic E-state index is -0.616. The Bertz CT molecular complexity index is 976. The Hall–Kier alpha value is -2.68. The van der Waals surface area contributed by atoms with Crippen molar-refractivity contribution in [3.63, 3.8) is 0 Å². The van der Waals surface area contributed by atoms with Gasteiger partial charge in [0.15, 0.2) is 0 Å². The number of carbonyl (C=O) groups excluding carboxylic acids is 1. The summed E-state index contributed by atoms with van der Waals surface area (Å²) in [4.78, 5) is 12.6. The van der Waals surface area contributed by atoms with E-state index in [1.165, 1.54) is 6.08 Å². The van der Waals surface area contributed by atoms with E-state index >= 15 is 0 Å². The normalized spacial score (nSPS) is 15.4. The lowest BCUT2D eigenvalue weighted by atomic mass is 10.0. The zero-order chi connectivity index (χ0) is 20.3. The Morgan fingerprint density at radius 2 is 2.11 bits per heavy atom. The first-order chi connectivity index (χ1) is 13.4. The lowest BCUT2D eigenvalue weighted by Crippen LogP contribution is -2.14. The van der Waals surface area contributed by atoms with E-state index in [2.05, 4.69) is 5.32 Å². The molecule has 0 aromatic heterocycles. The van der Waals surface area contributed by atoms with Gasteiger partial charge in [0, 0.05) is 17.5 Å². The van der Waals surface area contributed by atoms with Gasteiger partial charge in [0.1, 0.15) is 29.2 Å². The molecule has 7 heteroatoms. The van der Waals surface area contributed by atoms with E-state index in [9.17, 15) is 10.1 Å². The molecular formula is C21H18Cl2N2O3. The molecule has 1 aliphatic rings. The number of halogens is 2. The molecule has 144 valence electrons. The summed E-state index contributed by atoms with van der Waals surface area (Å²) >= 11 is 12.2. The largest absolute Gasteiger partial charge is 0.493 e. The van der Waals surface area contributed by atoms with Gasteiger partial charge in [0.05, 0.1) is 22.3 Å². The minimum absolute atomic E-state index is 0.0739. The molecule has 0 spiro atoms. The van der Waals surface area contributed by atoms with Gasteiger partial charge in [-0.2, -0.15) is 5.26 Å². The van der Waals surface area contributed by atoms with Crippen molar-refractivity contribution in [2.24, 2.45) is 0 Å². The van der Waals surface area contributed by atoms with Crippen LogP contribution >= 0.6 is 23.2 Å². The van der Waals surface area contributed by atoms with Gasteiger partial charge in [-0.25, -0.2) is 0 Å². The first kappa shape index (κ1) is 20.1. The number of ether oxygens (including phenoxy) is 2. The van der Waals surface area contributed by atoms with Crippen LogP contribution in [0, 0.1) is 11.3 Å². The maximum atomic E-state index is 12.6. The predicted octanol–water partition coefficient (Wildman–Crippen LogP) is 5.26. The van der Waals surface area contributed by atoms with Gasteiger partial charge in [0.25, 0.3) is 5.91 Å². The number of rotatable bonds is 5. The van der Waals surface area contributed by atoms with Crippen LogP contribution in [0.4, 0.5) is 5.69 Å². The number of carbonyl (C=O) groups is 1. The lowest BCUT2D eigenvalue weighted by molar-refractivity contribution is -0.112. The molecule has 0 fully saturated rings. The summed E-state index contributed by atoms with van der Waals surface area (Å²) in [6.45, 7) is 4.31. The predicted molar refractivity (Wildman–Crippen MR) is 110 cm³/mol. The Balaban J connectivity index is 1.95. The number of nitriles is 1. The van der Waals surface area contributed by atoms with Crippen LogP contribution in [0.5, 0.6) is 11.5 Å². The second-order valence-corrected chi connectivity index (χ2v) is 7.10. The van der Waals surface area contributed by atoms with Gasteiger partial charge in [-0.1, -0.05) is 29.3 Å². The maximum Gasteiger partial charge on any atom is 0.266 e. The van der Waals surface area contributed by atoms with E-state index in [0.717, 1.165) is 17.7 Å². The van der Waals surface area contributed by atoms with Crippen LogP contribution in [0.25, 0.3) is 6.08 Å². The summed E-state index contributed by atoms with van der Waals surface area (Å²) in [5.41, 5.74) is 1.78. The average molecular weight is 417 g/mol. The molecule has 0 bridgehead atoms. The number of benzene rings is 2. The molecule has 2 aromatic rings. The summed E-state index contributed by atoms with van der Waals surface area (Å²) in [5.74, 6) is 0.707. The zero-order valence-corrected chi connectivity index (χ0v) is 16.9. The summed E-state index contributed by atoms with van der Waals surface area (Å²) in [6.07, 6.45) is 2.33. The lowest BCUT2D eigenvalue weighted by Gasteiger charge is -2.11. The molecule has 2 aromatic carbocycles. The van der Waals surface area contributed by atoms with E-state index in [1.807, 2.05) is 26.0 Å². The molecule has 5 nitrogen and oxygen atoms in total. The molecule has 1 N–H and O–H groups in total. The molecule has 0 saturated heterocycles. The van der Waals surface area contributed by atoms with Gasteiger partial charge in [-0.15, -0.1) is 0 Å². The molecule has 0 radical (unpaired) electrons. The second-order valence-electron chi connectivity index (χ2n) is 6.28. The van der Waals surface area contributed by atoms with Gasteiger partial charge in [-0.3, -0.25) is 4.79 Å². The molecular weight excluding hydrogens is 399 g/mol. The molecule has 1 heterocycles. The third kappa shape index (κ3) is 4.24. The molecule has 1 unspecified atom stereocenters. The van der Waals surface area contributed by atoms with E-state index in [0.29, 0.717) is 17.9 Å². The van der Waals surface area contributed by atoms with E-state index < -0.39 is 5.91 Å². The number of nitrogens with one attached hydrogen (secondary N) is 1. The Kier molecular flexibility index (Phi) is 6.13. The maximum absolute atomic E-state index is 12.6. The van der Waals surface area contributed by atoms with Crippen molar-refractivity contribution in [2.75, 3.05) is 11.9 Å². The van der Waals surface area contributed by atoms with Crippen LogP contribution in [-0.4, -0.2) is 18.6 Å². The van der Waals surface area contributed by atoms with Gasteiger partial charge in [0.2, 0.25) is 0 Å². The third-order valence-electron chi connectivity index (χ3n) is 4.19. The van der Waals surface area contributed by atoms with Crippen molar-refractivity contribution in [1.82, 2.24) is 0 Å². The molecule has 1 amide bonds. The first-order valence-corrected chi connectivity index (χ1v) is 9.52. The minimum Gasteiger partial charge on any atom is -0.493 e. The molecule has 1 aliphatic heterocycles. The highest BCUT2D eigenvalue weighted by molar-refractivity contribution is 6.40. The standard InChI is InChI=1S/C21H18Cl2N2O3/c1-3-27-18-9-13-7-12(2)28-19(13)10-14(18)8-15(11-24)21(26)25-20-16(22)5-4-6-17(20)23/h4-6,8-10,12H,3,7H2,1-2H3,(H,25,26)/b15-8+. The van der Waals surface area contributed by atoms with Crippen molar-refractivity contribution in [3.8, 4) is 17.6 Å². The highest BCUT2D eigenvalue weighted by atomic mass is 35.5. The number of nitrogens with zero attached hydrogens (tertiary/aromatic N) is 1. The molecule has 0 aliphatic carbocycles. The van der Waals surface area contributed by atoms with Crippen LogP contribution in [0.15, 0.2) is 35.9 Å². The van der Waals surface area contributed by atoms with Crippen LogP contribution in [0.1, 0.15) is 25.0 Å². The van der Waals surface area contributed by atoms with Crippen LogP contribution in [0.2, 0.25) is 10.0 Å². The number of hydrogen-bond donors (Lipinski definition) is 1.